The van der Waals surface area contributed by atoms with Crippen molar-refractivity contribution in [2.45, 2.75) is 38.3 Å². The lowest BCUT2D eigenvalue weighted by atomic mass is 10.0. The Kier molecular flexibility index (Phi) is 4.95. The molecule has 4 nitrogen and oxygen atoms in total. The van der Waals surface area contributed by atoms with Gasteiger partial charge < -0.3 is 15.8 Å². The number of ether oxygens (including phenoxy) is 1. The molecule has 20 heavy (non-hydrogen) atoms. The van der Waals surface area contributed by atoms with Crippen LogP contribution >= 0.6 is 0 Å². The van der Waals surface area contributed by atoms with E-state index in [0.717, 1.165) is 19.3 Å². The van der Waals surface area contributed by atoms with Gasteiger partial charge in [0, 0.05) is 12.1 Å². The minimum atomic E-state index is -0.657. The number of nitrogens with two attached hydrogens (primary N) is 1. The molecule has 1 saturated carbocycles. The van der Waals surface area contributed by atoms with Crippen LogP contribution in [-0.2, 0) is 4.79 Å². The fraction of sp³-hybridized carbons (Fsp3) is 0.533. The third kappa shape index (κ3) is 3.70. The molecule has 3 unspecified atom stereocenters. The van der Waals surface area contributed by atoms with E-state index in [2.05, 4.69) is 5.32 Å². The lowest BCUT2D eigenvalue weighted by Crippen LogP contribution is -2.45. The van der Waals surface area contributed by atoms with Gasteiger partial charge in [0.2, 0.25) is 0 Å². The molecule has 1 aliphatic carbocycles. The molecule has 0 radical (unpaired) electrons. The average Bonchev–Trinajstić information content (AvgIpc) is 2.85. The zero-order chi connectivity index (χ0) is 14.5. The van der Waals surface area contributed by atoms with Gasteiger partial charge in [0.1, 0.15) is 11.6 Å². The summed E-state index contributed by atoms with van der Waals surface area (Å²) in [6.45, 7) is 2.25. The highest BCUT2D eigenvalue weighted by Gasteiger charge is 2.29. The molecule has 5 heteroatoms. The highest BCUT2D eigenvalue weighted by Crippen LogP contribution is 2.24. The first-order chi connectivity index (χ1) is 9.60. The van der Waals surface area contributed by atoms with E-state index >= 15 is 0 Å². The number of carbonyl (C=O) groups is 1. The maximum atomic E-state index is 13.0. The molecule has 1 fully saturated rings. The van der Waals surface area contributed by atoms with Gasteiger partial charge in [-0.05, 0) is 44.4 Å². The molecular formula is C15H21FN2O2. The minimum absolute atomic E-state index is 0.131. The molecule has 0 saturated heterocycles. The van der Waals surface area contributed by atoms with Gasteiger partial charge in [-0.25, -0.2) is 4.39 Å². The summed E-state index contributed by atoms with van der Waals surface area (Å²) >= 11 is 0. The number of hydrogen-bond donors (Lipinski definition) is 2. The van der Waals surface area contributed by atoms with Crippen molar-refractivity contribution < 1.29 is 13.9 Å². The Balaban J connectivity index is 1.89. The zero-order valence-corrected chi connectivity index (χ0v) is 11.6. The van der Waals surface area contributed by atoms with Crippen LogP contribution in [0.2, 0.25) is 0 Å². The average molecular weight is 280 g/mol. The molecular weight excluding hydrogens is 259 g/mol. The third-order valence-corrected chi connectivity index (χ3v) is 3.77. The van der Waals surface area contributed by atoms with E-state index in [0.29, 0.717) is 18.2 Å². The topological polar surface area (TPSA) is 64.3 Å². The van der Waals surface area contributed by atoms with Crippen molar-refractivity contribution in [1.82, 2.24) is 5.32 Å². The van der Waals surface area contributed by atoms with Crippen LogP contribution in [-0.4, -0.2) is 24.6 Å². The summed E-state index contributed by atoms with van der Waals surface area (Å²) < 4.78 is 18.5. The molecule has 2 rings (SSSR count). The van der Waals surface area contributed by atoms with Crippen molar-refractivity contribution in [3.05, 3.63) is 30.1 Å². The summed E-state index contributed by atoms with van der Waals surface area (Å²) in [5.41, 5.74) is 5.69. The third-order valence-electron chi connectivity index (χ3n) is 3.77. The standard InChI is InChI=1S/C15H21FN2O2/c1-10(20-13-6-3-5-12(16)8-13)15(19)18-14-7-2-4-11(14)9-17/h3,5-6,8,10-11,14H,2,4,7,9,17H2,1H3,(H,18,19). The van der Waals surface area contributed by atoms with Crippen molar-refractivity contribution in [3.63, 3.8) is 0 Å². The van der Waals surface area contributed by atoms with Crippen LogP contribution in [0, 0.1) is 11.7 Å². The van der Waals surface area contributed by atoms with Gasteiger partial charge in [0.25, 0.3) is 5.91 Å². The Bertz CT molecular complexity index is 467. The number of nitrogens with one attached hydrogen (secondary N) is 1. The minimum Gasteiger partial charge on any atom is -0.481 e. The van der Waals surface area contributed by atoms with Crippen LogP contribution in [0.3, 0.4) is 0 Å². The lowest BCUT2D eigenvalue weighted by Gasteiger charge is -2.22. The summed E-state index contributed by atoms with van der Waals surface area (Å²) in [5, 5.41) is 2.98. The van der Waals surface area contributed by atoms with Crippen LogP contribution in [0.1, 0.15) is 26.2 Å². The lowest BCUT2D eigenvalue weighted by molar-refractivity contribution is -0.128. The van der Waals surface area contributed by atoms with Gasteiger partial charge in [0.05, 0.1) is 0 Å². The molecule has 110 valence electrons. The van der Waals surface area contributed by atoms with E-state index in [1.807, 2.05) is 0 Å². The second-order valence-electron chi connectivity index (χ2n) is 5.26. The molecule has 0 heterocycles. The number of carbonyl (C=O) groups excluding carboxylic acids is 1. The van der Waals surface area contributed by atoms with E-state index < -0.39 is 6.10 Å². The van der Waals surface area contributed by atoms with Gasteiger partial charge in [-0.15, -0.1) is 0 Å². The maximum absolute atomic E-state index is 13.0. The molecule has 3 N–H and O–H groups in total. The zero-order valence-electron chi connectivity index (χ0n) is 11.6. The van der Waals surface area contributed by atoms with Gasteiger partial charge in [-0.2, -0.15) is 0 Å². The first kappa shape index (κ1) is 14.8. The highest BCUT2D eigenvalue weighted by atomic mass is 19.1. The van der Waals surface area contributed by atoms with E-state index in [4.69, 9.17) is 10.5 Å². The Morgan fingerprint density at radius 1 is 1.55 bits per heavy atom. The SMILES string of the molecule is CC(Oc1cccc(F)c1)C(=O)NC1CCCC1CN. The number of halogens is 1. The molecule has 1 aromatic rings. The van der Waals surface area contributed by atoms with Crippen LogP contribution < -0.4 is 15.8 Å². The molecule has 1 amide bonds. The largest absolute Gasteiger partial charge is 0.481 e. The summed E-state index contributed by atoms with van der Waals surface area (Å²) in [5.74, 6) is 0.142. The molecule has 0 spiro atoms. The monoisotopic (exact) mass is 280 g/mol. The molecule has 0 aliphatic heterocycles. The van der Waals surface area contributed by atoms with E-state index in [1.54, 1.807) is 19.1 Å². The summed E-state index contributed by atoms with van der Waals surface area (Å²) in [6, 6.07) is 5.91. The quantitative estimate of drug-likeness (QED) is 0.865. The Labute approximate surface area is 118 Å². The molecule has 0 aromatic heterocycles. The maximum Gasteiger partial charge on any atom is 0.261 e. The number of amides is 1. The Morgan fingerprint density at radius 2 is 2.35 bits per heavy atom. The number of hydrogen-bond acceptors (Lipinski definition) is 3. The van der Waals surface area contributed by atoms with Crippen LogP contribution in [0.5, 0.6) is 5.75 Å². The van der Waals surface area contributed by atoms with Crippen LogP contribution in [0.25, 0.3) is 0 Å². The van der Waals surface area contributed by atoms with Gasteiger partial charge in [-0.1, -0.05) is 12.5 Å². The Hall–Kier alpha value is -1.62. The summed E-state index contributed by atoms with van der Waals surface area (Å²) in [7, 11) is 0. The fourth-order valence-electron chi connectivity index (χ4n) is 2.61. The Morgan fingerprint density at radius 3 is 3.05 bits per heavy atom. The van der Waals surface area contributed by atoms with E-state index in [9.17, 15) is 9.18 Å². The molecule has 1 aliphatic rings. The van der Waals surface area contributed by atoms with E-state index in [-0.39, 0.29) is 17.8 Å². The molecule has 1 aromatic carbocycles. The second-order valence-corrected chi connectivity index (χ2v) is 5.26. The highest BCUT2D eigenvalue weighted by molar-refractivity contribution is 5.81. The first-order valence-electron chi connectivity index (χ1n) is 7.03. The van der Waals surface area contributed by atoms with Crippen LogP contribution in [0.15, 0.2) is 24.3 Å². The van der Waals surface area contributed by atoms with Crippen molar-refractivity contribution in [1.29, 1.82) is 0 Å². The normalized spacial score (nSPS) is 23.4. The van der Waals surface area contributed by atoms with Crippen molar-refractivity contribution in [2.24, 2.45) is 11.7 Å². The van der Waals surface area contributed by atoms with Crippen molar-refractivity contribution in [3.8, 4) is 5.75 Å². The predicted octanol–water partition coefficient (Wildman–Crippen LogP) is 1.84. The molecule has 0 bridgehead atoms. The molecule has 3 atom stereocenters. The van der Waals surface area contributed by atoms with Gasteiger partial charge >= 0.3 is 0 Å². The van der Waals surface area contributed by atoms with Crippen molar-refractivity contribution >= 4 is 5.91 Å². The van der Waals surface area contributed by atoms with Gasteiger partial charge in [-0.3, -0.25) is 4.79 Å². The predicted molar refractivity (Wildman–Crippen MR) is 74.8 cm³/mol. The van der Waals surface area contributed by atoms with Crippen molar-refractivity contribution in [2.75, 3.05) is 6.54 Å². The van der Waals surface area contributed by atoms with Gasteiger partial charge in [0.15, 0.2) is 6.10 Å². The van der Waals surface area contributed by atoms with E-state index in [1.165, 1.54) is 12.1 Å². The first-order valence-corrected chi connectivity index (χ1v) is 7.03. The smallest absolute Gasteiger partial charge is 0.261 e. The second kappa shape index (κ2) is 6.70. The summed E-state index contributed by atoms with van der Waals surface area (Å²) in [4.78, 5) is 12.1. The fourth-order valence-corrected chi connectivity index (χ4v) is 2.61. The number of rotatable bonds is 5. The summed E-state index contributed by atoms with van der Waals surface area (Å²) in [6.07, 6.45) is 2.45. The van der Waals surface area contributed by atoms with Crippen LogP contribution in [0.4, 0.5) is 4.39 Å². The number of benzene rings is 1.